The van der Waals surface area contributed by atoms with E-state index in [1.807, 2.05) is 23.1 Å². The lowest BCUT2D eigenvalue weighted by Gasteiger charge is -2.20. The van der Waals surface area contributed by atoms with Gasteiger partial charge in [-0.3, -0.25) is 4.68 Å². The highest BCUT2D eigenvalue weighted by Gasteiger charge is 2.24. The monoisotopic (exact) mass is 319 g/mol. The van der Waals surface area contributed by atoms with Crippen molar-refractivity contribution < 1.29 is 0 Å². The zero-order valence-electron chi connectivity index (χ0n) is 11.0. The first-order chi connectivity index (χ1) is 9.24. The summed E-state index contributed by atoms with van der Waals surface area (Å²) in [7, 11) is 0. The Morgan fingerprint density at radius 3 is 3.16 bits per heavy atom. The Morgan fingerprint density at radius 1 is 1.47 bits per heavy atom. The normalized spacial score (nSPS) is 19.4. The molecule has 100 valence electrons. The quantitative estimate of drug-likeness (QED) is 0.937. The van der Waals surface area contributed by atoms with Gasteiger partial charge in [0.25, 0.3) is 0 Å². The topological polar surface area (TPSA) is 29.9 Å². The van der Waals surface area contributed by atoms with Crippen molar-refractivity contribution in [1.82, 2.24) is 15.1 Å². The van der Waals surface area contributed by atoms with Crippen molar-refractivity contribution in [2.75, 3.05) is 0 Å². The number of nitrogens with one attached hydrogen (secondary N) is 1. The third kappa shape index (κ3) is 2.74. The number of hydrogen-bond acceptors (Lipinski definition) is 2. The highest BCUT2D eigenvalue weighted by molar-refractivity contribution is 9.10. The first-order valence-corrected chi connectivity index (χ1v) is 7.54. The fourth-order valence-electron chi connectivity index (χ4n) is 2.87. The van der Waals surface area contributed by atoms with E-state index in [1.54, 1.807) is 0 Å². The van der Waals surface area contributed by atoms with E-state index in [9.17, 15) is 0 Å². The van der Waals surface area contributed by atoms with Crippen LogP contribution in [-0.4, -0.2) is 15.8 Å². The van der Waals surface area contributed by atoms with E-state index < -0.39 is 0 Å². The Morgan fingerprint density at radius 2 is 2.37 bits per heavy atom. The van der Waals surface area contributed by atoms with Crippen LogP contribution in [-0.2, 0) is 13.0 Å². The third-order valence-corrected chi connectivity index (χ3v) is 4.46. The van der Waals surface area contributed by atoms with Crippen molar-refractivity contribution in [3.63, 3.8) is 0 Å². The fraction of sp³-hybridized carbons (Fsp3) is 0.400. The summed E-state index contributed by atoms with van der Waals surface area (Å²) in [6.45, 7) is 3.13. The highest BCUT2D eigenvalue weighted by Crippen LogP contribution is 2.35. The van der Waals surface area contributed by atoms with Crippen LogP contribution in [0.15, 0.2) is 41.1 Å². The summed E-state index contributed by atoms with van der Waals surface area (Å²) in [5.41, 5.74) is 2.91. The molecule has 0 bridgehead atoms. The molecule has 3 rings (SSSR count). The molecular weight excluding hydrogens is 302 g/mol. The van der Waals surface area contributed by atoms with Crippen molar-refractivity contribution in [2.24, 2.45) is 0 Å². The van der Waals surface area contributed by atoms with Gasteiger partial charge in [0.15, 0.2) is 0 Å². The first kappa shape index (κ1) is 12.9. The molecule has 2 aromatic rings. The molecule has 0 spiro atoms. The molecule has 2 atom stereocenters. The first-order valence-electron chi connectivity index (χ1n) is 6.75. The Kier molecular flexibility index (Phi) is 3.71. The molecule has 1 heterocycles. The lowest BCUT2D eigenvalue weighted by atomic mass is 10.1. The molecule has 0 fully saturated rings. The summed E-state index contributed by atoms with van der Waals surface area (Å²) in [6.07, 6.45) is 6.18. The lowest BCUT2D eigenvalue weighted by molar-refractivity contribution is 0.398. The average Bonchev–Trinajstić information content (AvgIpc) is 3.01. The van der Waals surface area contributed by atoms with Crippen LogP contribution in [0.25, 0.3) is 0 Å². The van der Waals surface area contributed by atoms with Crippen molar-refractivity contribution in [1.29, 1.82) is 0 Å². The minimum absolute atomic E-state index is 0.412. The molecule has 0 radical (unpaired) electrons. The number of benzene rings is 1. The van der Waals surface area contributed by atoms with E-state index in [0.29, 0.717) is 12.1 Å². The maximum atomic E-state index is 4.26. The van der Waals surface area contributed by atoms with Gasteiger partial charge in [-0.05, 0) is 43.0 Å². The summed E-state index contributed by atoms with van der Waals surface area (Å²) in [6, 6.07) is 9.35. The second-order valence-corrected chi connectivity index (χ2v) is 6.05. The average molecular weight is 320 g/mol. The van der Waals surface area contributed by atoms with E-state index in [1.165, 1.54) is 22.0 Å². The number of nitrogens with zero attached hydrogens (tertiary/aromatic N) is 2. The van der Waals surface area contributed by atoms with E-state index in [4.69, 9.17) is 0 Å². The zero-order valence-corrected chi connectivity index (χ0v) is 12.6. The summed E-state index contributed by atoms with van der Waals surface area (Å²) in [5, 5.41) is 7.98. The van der Waals surface area contributed by atoms with Gasteiger partial charge in [-0.1, -0.05) is 28.1 Å². The molecule has 1 aliphatic rings. The van der Waals surface area contributed by atoms with Crippen molar-refractivity contribution in [3.8, 4) is 0 Å². The molecule has 4 heteroatoms. The molecule has 1 aliphatic carbocycles. The Bertz CT molecular complexity index is 551. The number of hydrogen-bond donors (Lipinski definition) is 1. The molecule has 0 aliphatic heterocycles. The van der Waals surface area contributed by atoms with E-state index in [-0.39, 0.29) is 0 Å². The maximum absolute atomic E-state index is 4.26. The molecule has 1 aromatic carbocycles. The Labute approximate surface area is 122 Å². The number of aromatic nitrogens is 2. The van der Waals surface area contributed by atoms with Crippen LogP contribution in [0.3, 0.4) is 0 Å². The van der Waals surface area contributed by atoms with E-state index in [2.05, 4.69) is 51.5 Å². The van der Waals surface area contributed by atoms with Crippen molar-refractivity contribution in [3.05, 3.63) is 52.3 Å². The molecule has 0 saturated heterocycles. The second kappa shape index (κ2) is 5.47. The Hall–Kier alpha value is -1.13. The summed E-state index contributed by atoms with van der Waals surface area (Å²) in [4.78, 5) is 0. The van der Waals surface area contributed by atoms with Gasteiger partial charge in [-0.25, -0.2) is 0 Å². The van der Waals surface area contributed by atoms with Crippen LogP contribution >= 0.6 is 15.9 Å². The number of fused-ring (bicyclic) bond motifs is 1. The van der Waals surface area contributed by atoms with Crippen LogP contribution in [0.4, 0.5) is 0 Å². The molecule has 2 unspecified atom stereocenters. The van der Waals surface area contributed by atoms with Crippen LogP contribution in [0.2, 0.25) is 0 Å². The van der Waals surface area contributed by atoms with E-state index in [0.717, 1.165) is 13.0 Å². The highest BCUT2D eigenvalue weighted by atomic mass is 79.9. The number of rotatable bonds is 4. The lowest BCUT2D eigenvalue weighted by Crippen LogP contribution is -2.33. The SMILES string of the molecule is CC(Cn1cccn1)NC1CCc2c(Br)cccc21. The van der Waals surface area contributed by atoms with Gasteiger partial charge in [-0.15, -0.1) is 0 Å². The standard InChI is InChI=1S/C15H18BrN3/c1-11(10-19-9-3-8-17-19)18-15-7-6-12-13(15)4-2-5-14(12)16/h2-5,8-9,11,15,18H,6-7,10H2,1H3. The van der Waals surface area contributed by atoms with Gasteiger partial charge in [0, 0.05) is 29.0 Å². The molecule has 1 aromatic heterocycles. The van der Waals surface area contributed by atoms with Gasteiger partial charge in [0.2, 0.25) is 0 Å². The Balaban J connectivity index is 1.68. The van der Waals surface area contributed by atoms with Gasteiger partial charge < -0.3 is 5.32 Å². The summed E-state index contributed by atoms with van der Waals surface area (Å²) >= 11 is 3.65. The van der Waals surface area contributed by atoms with Crippen LogP contribution < -0.4 is 5.32 Å². The minimum atomic E-state index is 0.412. The van der Waals surface area contributed by atoms with Gasteiger partial charge in [0.05, 0.1) is 6.54 Å². The maximum Gasteiger partial charge on any atom is 0.0560 e. The second-order valence-electron chi connectivity index (χ2n) is 5.19. The van der Waals surface area contributed by atoms with Crippen LogP contribution in [0, 0.1) is 0 Å². The van der Waals surface area contributed by atoms with Gasteiger partial charge in [-0.2, -0.15) is 5.10 Å². The largest absolute Gasteiger partial charge is 0.306 e. The molecule has 0 amide bonds. The van der Waals surface area contributed by atoms with Crippen LogP contribution in [0.1, 0.15) is 30.5 Å². The van der Waals surface area contributed by atoms with Crippen LogP contribution in [0.5, 0.6) is 0 Å². The molecule has 19 heavy (non-hydrogen) atoms. The van der Waals surface area contributed by atoms with Crippen molar-refractivity contribution >= 4 is 15.9 Å². The van der Waals surface area contributed by atoms with E-state index >= 15 is 0 Å². The summed E-state index contributed by atoms with van der Waals surface area (Å²) < 4.78 is 3.23. The molecule has 3 nitrogen and oxygen atoms in total. The molecule has 0 saturated carbocycles. The fourth-order valence-corrected chi connectivity index (χ4v) is 3.45. The number of halogens is 1. The molecule has 1 N–H and O–H groups in total. The predicted octanol–water partition coefficient (Wildman–Crippen LogP) is 3.31. The van der Waals surface area contributed by atoms with Crippen molar-refractivity contribution in [2.45, 2.75) is 38.4 Å². The minimum Gasteiger partial charge on any atom is -0.306 e. The zero-order chi connectivity index (χ0) is 13.2. The predicted molar refractivity (Wildman–Crippen MR) is 80.0 cm³/mol. The molecular formula is C15H18BrN3. The van der Waals surface area contributed by atoms with Gasteiger partial charge >= 0.3 is 0 Å². The summed E-state index contributed by atoms with van der Waals surface area (Å²) in [5.74, 6) is 0. The smallest absolute Gasteiger partial charge is 0.0560 e. The van der Waals surface area contributed by atoms with Gasteiger partial charge in [0.1, 0.15) is 0 Å². The third-order valence-electron chi connectivity index (χ3n) is 3.72.